The van der Waals surface area contributed by atoms with Crippen molar-refractivity contribution in [2.24, 2.45) is 5.73 Å². The van der Waals surface area contributed by atoms with E-state index < -0.39 is 0 Å². The molecule has 4 rings (SSSR count). The van der Waals surface area contributed by atoms with Gasteiger partial charge in [0.25, 0.3) is 0 Å². The van der Waals surface area contributed by atoms with Gasteiger partial charge in [0.2, 0.25) is 5.95 Å². The van der Waals surface area contributed by atoms with Gasteiger partial charge in [0.1, 0.15) is 0 Å². The van der Waals surface area contributed by atoms with Crippen molar-refractivity contribution in [3.8, 4) is 0 Å². The van der Waals surface area contributed by atoms with Gasteiger partial charge < -0.3 is 10.6 Å². The van der Waals surface area contributed by atoms with Crippen LogP contribution in [0.1, 0.15) is 49.9 Å². The second kappa shape index (κ2) is 8.31. The van der Waals surface area contributed by atoms with Gasteiger partial charge >= 0.3 is 0 Å². The van der Waals surface area contributed by atoms with E-state index in [2.05, 4.69) is 43.2 Å². The second-order valence-electron chi connectivity index (χ2n) is 7.83. The van der Waals surface area contributed by atoms with E-state index in [0.29, 0.717) is 12.1 Å². The lowest BCUT2D eigenvalue weighted by atomic mass is 10.1. The molecule has 0 saturated carbocycles. The molecule has 0 unspecified atom stereocenters. The molecule has 0 aliphatic carbocycles. The van der Waals surface area contributed by atoms with Gasteiger partial charge in [-0.2, -0.15) is 0 Å². The van der Waals surface area contributed by atoms with Gasteiger partial charge in [-0.25, -0.2) is 14.6 Å². The fraction of sp³-hybridized carbons (Fsp3) is 0.684. The number of nitrogens with two attached hydrogens (primary N) is 1. The fourth-order valence-corrected chi connectivity index (χ4v) is 4.06. The Morgan fingerprint density at radius 3 is 2.56 bits per heavy atom. The van der Waals surface area contributed by atoms with Crippen molar-refractivity contribution >= 4 is 5.95 Å². The maximum absolute atomic E-state index is 5.99. The highest BCUT2D eigenvalue weighted by Gasteiger charge is 2.24. The molecule has 0 bridgehead atoms. The highest BCUT2D eigenvalue weighted by molar-refractivity contribution is 5.30. The molecule has 0 spiro atoms. The summed E-state index contributed by atoms with van der Waals surface area (Å²) in [6.45, 7) is 6.95. The second-order valence-corrected chi connectivity index (χ2v) is 7.83. The molecule has 146 valence electrons. The Balaban J connectivity index is 1.30. The summed E-state index contributed by atoms with van der Waals surface area (Å²) in [7, 11) is 0. The van der Waals surface area contributed by atoms with E-state index in [0.717, 1.165) is 76.5 Å². The van der Waals surface area contributed by atoms with E-state index in [1.54, 1.807) is 0 Å². The van der Waals surface area contributed by atoms with E-state index in [9.17, 15) is 0 Å². The molecule has 2 saturated heterocycles. The monoisotopic (exact) mass is 370 g/mol. The van der Waals surface area contributed by atoms with Crippen molar-refractivity contribution in [2.45, 2.75) is 57.7 Å². The number of hydrogen-bond acceptors (Lipinski definition) is 7. The van der Waals surface area contributed by atoms with Gasteiger partial charge in [-0.3, -0.25) is 4.90 Å². The quantitative estimate of drug-likeness (QED) is 0.822. The number of rotatable bonds is 6. The third-order valence-electron chi connectivity index (χ3n) is 5.60. The number of hydrogen-bond donors (Lipinski definition) is 1. The topological polar surface area (TPSA) is 89.0 Å². The van der Waals surface area contributed by atoms with Gasteiger partial charge in [-0.15, -0.1) is 5.10 Å². The normalized spacial score (nSPS) is 21.9. The average Bonchev–Trinajstić information content (AvgIpc) is 3.32. The molecule has 2 N–H and O–H groups in total. The molecule has 4 heterocycles. The van der Waals surface area contributed by atoms with Crippen LogP contribution in [0.4, 0.5) is 5.95 Å². The lowest BCUT2D eigenvalue weighted by Gasteiger charge is -2.31. The average molecular weight is 371 g/mol. The summed E-state index contributed by atoms with van der Waals surface area (Å²) in [6.07, 6.45) is 11.4. The number of nitrogens with zero attached hydrogens (tertiary/aromatic N) is 7. The molecule has 2 aliphatic heterocycles. The molecule has 0 radical (unpaired) electrons. The summed E-state index contributed by atoms with van der Waals surface area (Å²) in [5.41, 5.74) is 8.24. The molecule has 0 aromatic carbocycles. The Morgan fingerprint density at radius 2 is 1.89 bits per heavy atom. The van der Waals surface area contributed by atoms with Crippen molar-refractivity contribution < 1.29 is 0 Å². The molecule has 2 aliphatic rings. The van der Waals surface area contributed by atoms with E-state index in [4.69, 9.17) is 5.73 Å². The molecule has 2 aromatic heterocycles. The molecule has 8 nitrogen and oxygen atoms in total. The lowest BCUT2D eigenvalue weighted by Crippen LogP contribution is -2.35. The van der Waals surface area contributed by atoms with Gasteiger partial charge in [0.05, 0.1) is 17.9 Å². The van der Waals surface area contributed by atoms with Gasteiger partial charge in [0, 0.05) is 51.2 Å². The molecule has 8 heteroatoms. The number of likely N-dealkylation sites (tertiary alicyclic amines) is 1. The first-order valence-electron chi connectivity index (χ1n) is 10.2. The third-order valence-corrected chi connectivity index (χ3v) is 5.60. The Kier molecular flexibility index (Phi) is 5.63. The number of piperidine rings is 1. The van der Waals surface area contributed by atoms with Crippen LogP contribution in [0.15, 0.2) is 18.6 Å². The van der Waals surface area contributed by atoms with Crippen molar-refractivity contribution in [1.82, 2.24) is 29.9 Å². The van der Waals surface area contributed by atoms with E-state index in [1.807, 2.05) is 17.1 Å². The Morgan fingerprint density at radius 1 is 1.11 bits per heavy atom. The third kappa shape index (κ3) is 4.44. The summed E-state index contributed by atoms with van der Waals surface area (Å²) in [6, 6.07) is 0.713. The Bertz CT molecular complexity index is 720. The van der Waals surface area contributed by atoms with Crippen molar-refractivity contribution in [3.63, 3.8) is 0 Å². The SMILES string of the molecule is CCCc1cnc(N2CCC(n3cc(CN4CC[C@@H](N)C4)nn3)CC2)nc1. The minimum Gasteiger partial charge on any atom is -0.341 e. The Hall–Kier alpha value is -2.06. The van der Waals surface area contributed by atoms with Crippen LogP contribution >= 0.6 is 0 Å². The molecule has 1 atom stereocenters. The zero-order valence-corrected chi connectivity index (χ0v) is 16.2. The van der Waals surface area contributed by atoms with E-state index in [1.165, 1.54) is 5.56 Å². The predicted octanol–water partition coefficient (Wildman–Crippen LogP) is 1.40. The summed E-state index contributed by atoms with van der Waals surface area (Å²) in [4.78, 5) is 13.7. The van der Waals surface area contributed by atoms with Crippen LogP contribution in [0.2, 0.25) is 0 Å². The standard InChI is InChI=1S/C19H30N8/c1-2-3-15-10-21-19(22-11-15)26-8-5-18(6-9-26)27-14-17(23-24-27)13-25-7-4-16(20)12-25/h10-11,14,16,18H,2-9,12-13,20H2,1H3/t16-/m1/s1. The summed E-state index contributed by atoms with van der Waals surface area (Å²) in [5.74, 6) is 0.845. The molecule has 2 fully saturated rings. The maximum atomic E-state index is 5.99. The first kappa shape index (κ1) is 18.3. The highest BCUT2D eigenvalue weighted by atomic mass is 15.4. The van der Waals surface area contributed by atoms with Gasteiger partial charge in [-0.05, 0) is 31.2 Å². The van der Waals surface area contributed by atoms with Crippen LogP contribution in [0.3, 0.4) is 0 Å². The number of anilines is 1. The maximum Gasteiger partial charge on any atom is 0.225 e. The Labute approximate surface area is 160 Å². The lowest BCUT2D eigenvalue weighted by molar-refractivity contribution is 0.322. The molecular formula is C19H30N8. The summed E-state index contributed by atoms with van der Waals surface area (Å²) < 4.78 is 2.05. The van der Waals surface area contributed by atoms with Crippen LogP contribution in [-0.4, -0.2) is 62.1 Å². The largest absolute Gasteiger partial charge is 0.341 e. The summed E-state index contributed by atoms with van der Waals surface area (Å²) >= 11 is 0. The fourth-order valence-electron chi connectivity index (χ4n) is 4.06. The van der Waals surface area contributed by atoms with Crippen molar-refractivity contribution in [2.75, 3.05) is 31.1 Å². The molecule has 0 amide bonds. The molecule has 27 heavy (non-hydrogen) atoms. The minimum atomic E-state index is 0.308. The van der Waals surface area contributed by atoms with Crippen molar-refractivity contribution in [3.05, 3.63) is 29.8 Å². The number of aromatic nitrogens is 5. The first-order chi connectivity index (χ1) is 13.2. The number of aryl methyl sites for hydroxylation is 1. The zero-order chi connectivity index (χ0) is 18.6. The highest BCUT2D eigenvalue weighted by Crippen LogP contribution is 2.24. The van der Waals surface area contributed by atoms with Crippen LogP contribution in [-0.2, 0) is 13.0 Å². The van der Waals surface area contributed by atoms with Crippen LogP contribution in [0.25, 0.3) is 0 Å². The zero-order valence-electron chi connectivity index (χ0n) is 16.2. The van der Waals surface area contributed by atoms with Crippen molar-refractivity contribution in [1.29, 1.82) is 0 Å². The predicted molar refractivity (Wildman–Crippen MR) is 104 cm³/mol. The summed E-state index contributed by atoms with van der Waals surface area (Å²) in [5, 5.41) is 8.77. The minimum absolute atomic E-state index is 0.308. The van der Waals surface area contributed by atoms with Crippen LogP contribution in [0, 0.1) is 0 Å². The van der Waals surface area contributed by atoms with E-state index >= 15 is 0 Å². The first-order valence-corrected chi connectivity index (χ1v) is 10.2. The molecular weight excluding hydrogens is 340 g/mol. The van der Waals surface area contributed by atoms with Crippen LogP contribution < -0.4 is 10.6 Å². The van der Waals surface area contributed by atoms with Gasteiger partial charge in [-0.1, -0.05) is 18.6 Å². The van der Waals surface area contributed by atoms with Gasteiger partial charge in [0.15, 0.2) is 0 Å². The van der Waals surface area contributed by atoms with E-state index in [-0.39, 0.29) is 0 Å². The van der Waals surface area contributed by atoms with Crippen LogP contribution in [0.5, 0.6) is 0 Å². The molecule has 2 aromatic rings. The smallest absolute Gasteiger partial charge is 0.225 e.